The second kappa shape index (κ2) is 9.15. The highest BCUT2D eigenvalue weighted by Crippen LogP contribution is 2.44. The molecule has 1 saturated heterocycles. The number of anilines is 2. The fraction of sp³-hybridized carbons (Fsp3) is 0.520. The van der Waals surface area contributed by atoms with Crippen LogP contribution >= 0.6 is 11.6 Å². The van der Waals surface area contributed by atoms with Gasteiger partial charge in [-0.25, -0.2) is 9.97 Å². The molecule has 1 aromatic heterocycles. The van der Waals surface area contributed by atoms with Crippen molar-refractivity contribution < 1.29 is 14.9 Å². The van der Waals surface area contributed by atoms with Gasteiger partial charge in [-0.2, -0.15) is 0 Å². The standard InChI is InChI=1S/C25H31ClN6O2/c1-14(2)27-12-18(16-4-6-17(26)7-5-16)25(34)32-9-8-31(19-11-20(19)32)24-22-15(3)10-21(33)30-23(22)28-13-29-24/h4-7,13-15,18-20,27H,8-12H2,1-3H3,(H,28,29,30,33)/p+1. The highest BCUT2D eigenvalue weighted by molar-refractivity contribution is 6.30. The van der Waals surface area contributed by atoms with Crippen molar-refractivity contribution in [1.82, 2.24) is 14.9 Å². The first-order chi connectivity index (χ1) is 16.3. The van der Waals surface area contributed by atoms with Crippen LogP contribution in [0.5, 0.6) is 0 Å². The van der Waals surface area contributed by atoms with Gasteiger partial charge in [0.2, 0.25) is 11.8 Å². The highest BCUT2D eigenvalue weighted by atomic mass is 35.5. The number of quaternary nitrogens is 1. The lowest BCUT2D eigenvalue weighted by atomic mass is 9.94. The maximum Gasteiger partial charge on any atom is 0.236 e. The number of rotatable bonds is 6. The summed E-state index contributed by atoms with van der Waals surface area (Å²) in [6, 6.07) is 8.53. The average molecular weight is 484 g/mol. The summed E-state index contributed by atoms with van der Waals surface area (Å²) < 4.78 is 0. The monoisotopic (exact) mass is 483 g/mol. The molecule has 0 bridgehead atoms. The number of amides is 2. The Balaban J connectivity index is 1.35. The van der Waals surface area contributed by atoms with Gasteiger partial charge in [-0.15, -0.1) is 0 Å². The number of halogens is 1. The molecule has 34 heavy (non-hydrogen) atoms. The van der Waals surface area contributed by atoms with Gasteiger partial charge in [0.15, 0.2) is 0 Å². The zero-order valence-corrected chi connectivity index (χ0v) is 20.6. The van der Waals surface area contributed by atoms with Crippen molar-refractivity contribution in [1.29, 1.82) is 0 Å². The molecule has 0 spiro atoms. The molecule has 2 fully saturated rings. The lowest BCUT2D eigenvalue weighted by Crippen LogP contribution is -2.89. The Morgan fingerprint density at radius 2 is 1.97 bits per heavy atom. The maximum atomic E-state index is 13.8. The summed E-state index contributed by atoms with van der Waals surface area (Å²) in [5.41, 5.74) is 2.03. The molecule has 3 N–H and O–H groups in total. The van der Waals surface area contributed by atoms with Crippen molar-refractivity contribution in [2.24, 2.45) is 0 Å². The minimum Gasteiger partial charge on any atom is -0.349 e. The molecule has 9 heteroatoms. The van der Waals surface area contributed by atoms with Crippen LogP contribution in [0.2, 0.25) is 5.02 Å². The summed E-state index contributed by atoms with van der Waals surface area (Å²) in [5, 5.41) is 5.79. The van der Waals surface area contributed by atoms with E-state index in [1.165, 1.54) is 6.33 Å². The predicted octanol–water partition coefficient (Wildman–Crippen LogP) is 2.12. The Morgan fingerprint density at radius 1 is 1.21 bits per heavy atom. The number of carbonyl (C=O) groups is 2. The number of hydrogen-bond donors (Lipinski definition) is 2. The third kappa shape index (κ3) is 4.36. The summed E-state index contributed by atoms with van der Waals surface area (Å²) in [7, 11) is 0. The van der Waals surface area contributed by atoms with E-state index in [0.717, 1.165) is 29.9 Å². The third-order valence-corrected chi connectivity index (χ3v) is 7.43. The van der Waals surface area contributed by atoms with Crippen LogP contribution < -0.4 is 15.5 Å². The zero-order chi connectivity index (χ0) is 24.0. The predicted molar refractivity (Wildman–Crippen MR) is 131 cm³/mol. The Kier molecular flexibility index (Phi) is 6.20. The Hall–Kier alpha value is -2.71. The number of carbonyl (C=O) groups excluding carboxylic acids is 2. The molecule has 8 nitrogen and oxygen atoms in total. The highest BCUT2D eigenvalue weighted by Gasteiger charge is 2.53. The molecule has 4 atom stereocenters. The quantitative estimate of drug-likeness (QED) is 0.656. The van der Waals surface area contributed by atoms with E-state index < -0.39 is 0 Å². The molecule has 2 amide bonds. The first-order valence-corrected chi connectivity index (χ1v) is 12.5. The first kappa shape index (κ1) is 23.1. The van der Waals surface area contributed by atoms with Crippen LogP contribution in [-0.2, 0) is 9.59 Å². The molecule has 1 saturated carbocycles. The lowest BCUT2D eigenvalue weighted by Gasteiger charge is -2.38. The second-order valence-electron chi connectivity index (χ2n) is 10.0. The molecule has 0 radical (unpaired) electrons. The van der Waals surface area contributed by atoms with Crippen molar-refractivity contribution in [2.75, 3.05) is 29.9 Å². The van der Waals surface area contributed by atoms with Gasteiger partial charge in [0.05, 0.1) is 24.7 Å². The van der Waals surface area contributed by atoms with Crippen molar-refractivity contribution in [2.45, 2.75) is 63.6 Å². The number of benzene rings is 1. The van der Waals surface area contributed by atoms with Gasteiger partial charge >= 0.3 is 0 Å². The van der Waals surface area contributed by atoms with Gasteiger partial charge < -0.3 is 20.4 Å². The maximum absolute atomic E-state index is 13.8. The van der Waals surface area contributed by atoms with Crippen molar-refractivity contribution >= 4 is 35.1 Å². The number of nitrogens with one attached hydrogen (secondary N) is 1. The van der Waals surface area contributed by atoms with E-state index in [0.29, 0.717) is 36.4 Å². The molecule has 4 unspecified atom stereocenters. The van der Waals surface area contributed by atoms with Gasteiger partial charge in [-0.05, 0) is 43.9 Å². The van der Waals surface area contributed by atoms with Crippen molar-refractivity contribution in [3.8, 4) is 0 Å². The first-order valence-electron chi connectivity index (χ1n) is 12.1. The summed E-state index contributed by atoms with van der Waals surface area (Å²) in [4.78, 5) is 39.1. The summed E-state index contributed by atoms with van der Waals surface area (Å²) in [6.07, 6.45) is 2.90. The van der Waals surface area contributed by atoms with Crippen LogP contribution in [0, 0.1) is 0 Å². The average Bonchev–Trinajstić information content (AvgIpc) is 3.60. The van der Waals surface area contributed by atoms with Crippen molar-refractivity contribution in [3.05, 3.63) is 46.7 Å². The minimum atomic E-state index is -0.200. The molecule has 2 aliphatic heterocycles. The van der Waals surface area contributed by atoms with E-state index in [-0.39, 0.29) is 35.7 Å². The fourth-order valence-corrected chi connectivity index (χ4v) is 5.46. The number of nitrogens with two attached hydrogens (primary N) is 1. The lowest BCUT2D eigenvalue weighted by molar-refractivity contribution is -0.683. The number of hydrogen-bond acceptors (Lipinski definition) is 5. The number of fused-ring (bicyclic) bond motifs is 2. The van der Waals surface area contributed by atoms with E-state index in [1.54, 1.807) is 0 Å². The SMILES string of the molecule is CC(C)[NH2+]CC(C(=O)N1CCN(c2ncnc3c2C(C)CC(=O)N3)C2CC21)c1ccc(Cl)cc1. The van der Waals surface area contributed by atoms with Crippen LogP contribution in [0.1, 0.15) is 56.6 Å². The van der Waals surface area contributed by atoms with Gasteiger partial charge in [0.25, 0.3) is 0 Å². The molecular formula is C25H32ClN6O2+. The smallest absolute Gasteiger partial charge is 0.236 e. The molecule has 1 aliphatic carbocycles. The van der Waals surface area contributed by atoms with Gasteiger partial charge in [0, 0.05) is 30.1 Å². The topological polar surface area (TPSA) is 95.0 Å². The molecule has 180 valence electrons. The zero-order valence-electron chi connectivity index (χ0n) is 19.9. The van der Waals surface area contributed by atoms with Crippen LogP contribution in [0.25, 0.3) is 0 Å². The summed E-state index contributed by atoms with van der Waals surface area (Å²) in [6.45, 7) is 8.43. The van der Waals surface area contributed by atoms with E-state index in [4.69, 9.17) is 11.6 Å². The van der Waals surface area contributed by atoms with E-state index in [2.05, 4.69) is 51.2 Å². The Labute approximate surface area is 205 Å². The summed E-state index contributed by atoms with van der Waals surface area (Å²) >= 11 is 6.10. The minimum absolute atomic E-state index is 0.00388. The van der Waals surface area contributed by atoms with Gasteiger partial charge in [-0.1, -0.05) is 30.7 Å². The molecule has 3 heterocycles. The largest absolute Gasteiger partial charge is 0.349 e. The van der Waals surface area contributed by atoms with E-state index in [1.807, 2.05) is 24.3 Å². The normalized spacial score (nSPS) is 24.4. The Morgan fingerprint density at radius 3 is 2.71 bits per heavy atom. The third-order valence-electron chi connectivity index (χ3n) is 7.18. The number of aromatic nitrogens is 2. The van der Waals surface area contributed by atoms with E-state index >= 15 is 0 Å². The fourth-order valence-electron chi connectivity index (χ4n) is 5.34. The van der Waals surface area contributed by atoms with Crippen LogP contribution in [-0.4, -0.2) is 64.4 Å². The summed E-state index contributed by atoms with van der Waals surface area (Å²) in [5.74, 6) is 1.58. The van der Waals surface area contributed by atoms with Gasteiger partial charge in [-0.3, -0.25) is 9.59 Å². The molecule has 2 aromatic rings. The molecule has 1 aromatic carbocycles. The van der Waals surface area contributed by atoms with Crippen LogP contribution in [0.15, 0.2) is 30.6 Å². The molecule has 3 aliphatic rings. The second-order valence-corrected chi connectivity index (χ2v) is 10.5. The van der Waals surface area contributed by atoms with E-state index in [9.17, 15) is 9.59 Å². The van der Waals surface area contributed by atoms with Crippen molar-refractivity contribution in [3.63, 3.8) is 0 Å². The molecular weight excluding hydrogens is 452 g/mol. The Bertz CT molecular complexity index is 1090. The number of nitrogens with zero attached hydrogens (tertiary/aromatic N) is 4. The van der Waals surface area contributed by atoms with Crippen LogP contribution in [0.4, 0.5) is 11.6 Å². The van der Waals surface area contributed by atoms with Gasteiger partial charge in [0.1, 0.15) is 23.9 Å². The molecule has 5 rings (SSSR count). The number of piperazine rings is 1. The van der Waals surface area contributed by atoms with Crippen LogP contribution in [0.3, 0.4) is 0 Å².